The summed E-state index contributed by atoms with van der Waals surface area (Å²) < 4.78 is 25.9. The van der Waals surface area contributed by atoms with Crippen LogP contribution >= 0.6 is 11.6 Å². The van der Waals surface area contributed by atoms with Gasteiger partial charge in [0.05, 0.1) is 82.6 Å². The second-order valence-electron chi connectivity index (χ2n) is 24.2. The second-order valence-corrected chi connectivity index (χ2v) is 24.6. The number of aromatic nitrogens is 8. The first-order valence-electron chi connectivity index (χ1n) is 33.7. The average Bonchev–Trinajstić information content (AvgIpc) is 1.64. The van der Waals surface area contributed by atoms with Gasteiger partial charge in [0.1, 0.15) is 56.6 Å². The molecule has 13 aromatic rings. The number of azo groups is 2. The number of imidazole rings is 1. The fourth-order valence-corrected chi connectivity index (χ4v) is 9.79. The Kier molecular flexibility index (Phi) is 44.0. The number of nitrogens with two attached hydrogens (primary N) is 2. The van der Waals surface area contributed by atoms with Crippen molar-refractivity contribution in [2.24, 2.45) is 87.0 Å². The van der Waals surface area contributed by atoms with E-state index >= 15 is 0 Å². The van der Waals surface area contributed by atoms with Crippen LogP contribution < -0.4 is 70.9 Å². The molecule has 0 unspecified atom stereocenters. The standard InChI is InChI=1S/C15H13ClN4O.C15H18N3O.C14H16N3.2C14H14N2.C12H15N4O.6CH4.ClH/c1-19-9-10-3-8-13(21)14(15(10)20(19)2)18-17-12-6-4-11(16)5-7-12;1-17-10-8-13(9-11-17)12-16-18(2)14-4-6-15(19-3)7-5-14;1-16-10-8-13(9-11-16)12-15-17(2)14-6-4-3-5-7-14;1-16-10-8-13(9-11-16)3-2-12-4-6-14(15)7-5-12;1-16-11-3-2-4-14(16)10-7-12-5-8-13(15)9-6-12;1-15-8-9-16(2)12(15)14-13-10-4-6-11(17-3)7-5-10;;;;;;;/h3-9H,1-2H3;4-12H,1-3H3;3-12H,1-2H3;2*2-11,15H,1H3;4-9H,1-3H3;6*1H4;1H/q;2*+1;;;+1;;;;;;;/p+2. The number of phenolic OH excluding ortho intramolecular Hbond substituents is 1. The Labute approximate surface area is 682 Å². The molecule has 0 aliphatic rings. The highest BCUT2D eigenvalue weighted by atomic mass is 35.5. The van der Waals surface area contributed by atoms with Gasteiger partial charge in [-0.05, 0) is 150 Å². The molecule has 0 fully saturated rings. The zero-order chi connectivity index (χ0) is 75.7. The fraction of sp³-hybridized carbons (Fsp3) is 0.200. The number of hydrazone groups is 2. The maximum Gasteiger partial charge on any atom is 0.421 e. The normalized spacial score (nSPS) is 10.3. The van der Waals surface area contributed by atoms with Crippen LogP contribution in [0.15, 0.2) is 311 Å². The molecule has 6 aromatic heterocycles. The Hall–Kier alpha value is -13.0. The Morgan fingerprint density at radius 3 is 1.30 bits per heavy atom. The van der Waals surface area contributed by atoms with E-state index in [1.54, 1.807) is 44.6 Å². The van der Waals surface area contributed by atoms with E-state index in [2.05, 4.69) is 77.7 Å². The molecule has 23 heteroatoms. The van der Waals surface area contributed by atoms with Crippen LogP contribution in [0.1, 0.15) is 78.1 Å². The summed E-state index contributed by atoms with van der Waals surface area (Å²) >= 11 is 5.84. The lowest BCUT2D eigenvalue weighted by atomic mass is 10.1. The molecule has 113 heavy (non-hydrogen) atoms. The number of nitrogen functional groups attached to an aromatic ring is 2. The Balaban J connectivity index is 0.000000671. The van der Waals surface area contributed by atoms with Crippen LogP contribution in [0.2, 0.25) is 5.02 Å². The minimum atomic E-state index is 0. The van der Waals surface area contributed by atoms with E-state index in [1.807, 2.05) is 357 Å². The number of fused-ring (bicyclic) bond motifs is 1. The van der Waals surface area contributed by atoms with Crippen LogP contribution in [-0.4, -0.2) is 55.1 Å². The minimum absolute atomic E-state index is 0. The fourth-order valence-electron chi connectivity index (χ4n) is 9.66. The van der Waals surface area contributed by atoms with Gasteiger partial charge in [0, 0.05) is 101 Å². The summed E-state index contributed by atoms with van der Waals surface area (Å²) in [5, 5.41) is 40.9. The molecule has 594 valence electrons. The van der Waals surface area contributed by atoms with Crippen molar-refractivity contribution >= 4 is 105 Å². The Morgan fingerprint density at radius 2 is 0.850 bits per heavy atom. The van der Waals surface area contributed by atoms with Crippen LogP contribution in [0.4, 0.5) is 45.8 Å². The van der Waals surface area contributed by atoms with Crippen molar-refractivity contribution in [3.63, 3.8) is 0 Å². The number of pyridine rings is 4. The second kappa shape index (κ2) is 50.7. The molecule has 0 atom stereocenters. The predicted molar refractivity (Wildman–Crippen MR) is 467 cm³/mol. The highest BCUT2D eigenvalue weighted by molar-refractivity contribution is 6.30. The van der Waals surface area contributed by atoms with Gasteiger partial charge < -0.3 is 38.5 Å². The highest BCUT2D eigenvalue weighted by Gasteiger charge is 2.17. The number of anilines is 4. The van der Waals surface area contributed by atoms with E-state index in [1.165, 1.54) is 11.3 Å². The molecular formula is C90H117Cl2N18O3+5. The average molecular weight is 1570 g/mol. The quantitative estimate of drug-likeness (QED) is 0.0280. The van der Waals surface area contributed by atoms with Crippen molar-refractivity contribution < 1.29 is 54.5 Å². The zero-order valence-corrected chi connectivity index (χ0v) is 63.9. The van der Waals surface area contributed by atoms with Crippen molar-refractivity contribution in [3.05, 3.63) is 319 Å². The molecule has 0 aliphatic heterocycles. The van der Waals surface area contributed by atoms with Gasteiger partial charge in [-0.3, -0.25) is 10.0 Å². The summed E-state index contributed by atoms with van der Waals surface area (Å²) in [6, 6.07) is 69.9. The van der Waals surface area contributed by atoms with Gasteiger partial charge in [-0.1, -0.05) is 116 Å². The predicted octanol–water partition coefficient (Wildman–Crippen LogP) is 15.4. The lowest BCUT2D eigenvalue weighted by Gasteiger charge is -2.12. The number of rotatable bonds is 16. The molecule has 0 bridgehead atoms. The van der Waals surface area contributed by atoms with Crippen LogP contribution in [0.25, 0.3) is 35.2 Å². The van der Waals surface area contributed by atoms with Gasteiger partial charge in [-0.2, -0.15) is 20.0 Å². The number of hydrogen-bond donors (Lipinski definition) is 3. The molecule has 0 saturated heterocycles. The van der Waals surface area contributed by atoms with Crippen LogP contribution in [-0.2, 0) is 56.4 Å². The summed E-state index contributed by atoms with van der Waals surface area (Å²) in [4.78, 5) is 0. The maximum absolute atomic E-state index is 10.1. The summed E-state index contributed by atoms with van der Waals surface area (Å²) in [5.74, 6) is 2.55. The number of ether oxygens (including phenoxy) is 2. The SMILES string of the molecule is C.C.C.C.C.C.CN(N=Cc1cc[n+](C)cc1)c1ccccc1.COc1ccc(N(C)N=Cc2cc[n+](C)cc2)cc1.COc1ccc(N=Nc2n(C)cc[n+]2C)cc1.C[n+]1ccc(C=Cc2ccc(N)cc2)cc1.C[n+]1ccccc1C=Cc1ccc(N)cc1.Cn1c2c(N=Nc3ccc(Cl)cc3)c(O)ccc2c[n+]1C.[Cl-]. The topological polar surface area (TPSA) is 205 Å². The number of nitrogens with zero attached hydrogens (tertiary/aromatic N) is 16. The van der Waals surface area contributed by atoms with Gasteiger partial charge >= 0.3 is 5.95 Å². The van der Waals surface area contributed by atoms with Crippen molar-refractivity contribution in [1.29, 1.82) is 0 Å². The molecule has 13 rings (SSSR count). The van der Waals surface area contributed by atoms with Gasteiger partial charge in [-0.15, -0.1) is 9.80 Å². The first-order chi connectivity index (χ1) is 51.2. The van der Waals surface area contributed by atoms with E-state index in [-0.39, 0.29) is 62.7 Å². The first-order valence-corrected chi connectivity index (χ1v) is 34.1. The third kappa shape index (κ3) is 32.2. The molecule has 5 N–H and O–H groups in total. The Bertz CT molecular complexity index is 4970. The number of hydrogen-bond acceptors (Lipinski definition) is 13. The number of halogens is 2. The van der Waals surface area contributed by atoms with Crippen molar-refractivity contribution in [2.75, 3.05) is 49.8 Å². The molecule has 0 spiro atoms. The third-order valence-corrected chi connectivity index (χ3v) is 16.3. The number of aromatic hydroxyl groups is 1. The lowest BCUT2D eigenvalue weighted by Crippen LogP contribution is -3.00. The minimum Gasteiger partial charge on any atom is -1.00 e. The molecule has 7 aromatic carbocycles. The molecule has 0 aliphatic carbocycles. The van der Waals surface area contributed by atoms with Gasteiger partial charge in [0.25, 0.3) is 0 Å². The third-order valence-electron chi connectivity index (χ3n) is 16.1. The smallest absolute Gasteiger partial charge is 0.421 e. The van der Waals surface area contributed by atoms with Gasteiger partial charge in [0.15, 0.2) is 56.1 Å². The van der Waals surface area contributed by atoms with E-state index in [0.717, 1.165) is 79.0 Å². The highest BCUT2D eigenvalue weighted by Crippen LogP contribution is 2.35. The number of phenols is 1. The van der Waals surface area contributed by atoms with Crippen LogP contribution in [0.3, 0.4) is 0 Å². The van der Waals surface area contributed by atoms with Crippen LogP contribution in [0, 0.1) is 0 Å². The van der Waals surface area contributed by atoms with E-state index < -0.39 is 0 Å². The number of methoxy groups -OCH3 is 2. The summed E-state index contributed by atoms with van der Waals surface area (Å²) in [6.45, 7) is 0. The first kappa shape index (κ1) is 98.0. The number of para-hydroxylation sites is 1. The molecule has 21 nitrogen and oxygen atoms in total. The molecule has 0 radical (unpaired) electrons. The largest absolute Gasteiger partial charge is 1.00 e. The van der Waals surface area contributed by atoms with E-state index in [4.69, 9.17) is 32.5 Å². The summed E-state index contributed by atoms with van der Waals surface area (Å²) in [5.41, 5.74) is 24.5. The molecule has 0 saturated carbocycles. The van der Waals surface area contributed by atoms with E-state index in [9.17, 15) is 5.11 Å². The Morgan fingerprint density at radius 1 is 0.434 bits per heavy atom. The number of benzene rings is 7. The lowest BCUT2D eigenvalue weighted by molar-refractivity contribution is -0.748. The zero-order valence-electron chi connectivity index (χ0n) is 62.4. The monoisotopic (exact) mass is 1570 g/mol. The molecular weight excluding hydrogens is 1450 g/mol. The van der Waals surface area contributed by atoms with Crippen LogP contribution in [0.5, 0.6) is 17.2 Å². The maximum atomic E-state index is 10.1. The van der Waals surface area contributed by atoms with E-state index in [0.29, 0.717) is 16.4 Å². The molecule has 0 amide bonds. The van der Waals surface area contributed by atoms with Crippen molar-refractivity contribution in [3.8, 4) is 17.2 Å². The summed E-state index contributed by atoms with van der Waals surface area (Å²) in [6.07, 6.45) is 31.9. The van der Waals surface area contributed by atoms with Gasteiger partial charge in [-0.25, -0.2) is 27.4 Å². The number of aryl methyl sites for hydroxylation is 8. The summed E-state index contributed by atoms with van der Waals surface area (Å²) in [7, 11) is 22.9. The van der Waals surface area contributed by atoms with Crippen molar-refractivity contribution in [1.82, 2.24) is 9.25 Å². The molecule has 6 heterocycles. The van der Waals surface area contributed by atoms with Crippen molar-refractivity contribution in [2.45, 2.75) is 44.6 Å². The van der Waals surface area contributed by atoms with Gasteiger partial charge in [0.2, 0.25) is 11.9 Å².